The average Bonchev–Trinajstić information content (AvgIpc) is 2.43. The molecular formula is C15H13Br2ClO. The van der Waals surface area contributed by atoms with Crippen molar-refractivity contribution in [2.75, 3.05) is 5.33 Å². The third kappa shape index (κ3) is 4.32. The summed E-state index contributed by atoms with van der Waals surface area (Å²) >= 11 is 13.1. The minimum absolute atomic E-state index is 0.0441. The van der Waals surface area contributed by atoms with Crippen LogP contribution in [0.2, 0.25) is 5.02 Å². The van der Waals surface area contributed by atoms with Gasteiger partial charge in [-0.15, -0.1) is 0 Å². The molecule has 0 aromatic heterocycles. The zero-order valence-electron chi connectivity index (χ0n) is 10.2. The fraction of sp³-hybridized carbons (Fsp3) is 0.200. The molecule has 0 radical (unpaired) electrons. The van der Waals surface area contributed by atoms with E-state index in [0.29, 0.717) is 11.9 Å². The summed E-state index contributed by atoms with van der Waals surface area (Å²) in [6.45, 7) is 0.564. The molecule has 0 aliphatic rings. The topological polar surface area (TPSA) is 9.23 Å². The van der Waals surface area contributed by atoms with Gasteiger partial charge in [0, 0.05) is 20.4 Å². The number of alkyl halides is 1. The van der Waals surface area contributed by atoms with Gasteiger partial charge in [0.05, 0.1) is 12.7 Å². The zero-order valence-corrected chi connectivity index (χ0v) is 14.1. The summed E-state index contributed by atoms with van der Waals surface area (Å²) < 4.78 is 7.01. The van der Waals surface area contributed by atoms with Gasteiger partial charge in [0.1, 0.15) is 0 Å². The molecular weight excluding hydrogens is 391 g/mol. The van der Waals surface area contributed by atoms with E-state index in [-0.39, 0.29) is 6.10 Å². The summed E-state index contributed by atoms with van der Waals surface area (Å²) in [7, 11) is 0. The van der Waals surface area contributed by atoms with Crippen molar-refractivity contribution in [3.63, 3.8) is 0 Å². The second kappa shape index (κ2) is 7.44. The maximum absolute atomic E-state index is 6.19. The highest BCUT2D eigenvalue weighted by Gasteiger charge is 2.13. The normalized spacial score (nSPS) is 12.4. The van der Waals surface area contributed by atoms with Gasteiger partial charge in [-0.2, -0.15) is 0 Å². The fourth-order valence-electron chi connectivity index (χ4n) is 1.73. The Morgan fingerprint density at radius 2 is 1.74 bits per heavy atom. The smallest absolute Gasteiger partial charge is 0.0940 e. The molecule has 0 saturated carbocycles. The lowest BCUT2D eigenvalue weighted by Gasteiger charge is -2.17. The Morgan fingerprint density at radius 3 is 2.37 bits per heavy atom. The predicted octanol–water partition coefficient (Wildman–Crippen LogP) is 5.76. The minimum Gasteiger partial charge on any atom is -0.368 e. The van der Waals surface area contributed by atoms with E-state index in [2.05, 4.69) is 31.9 Å². The van der Waals surface area contributed by atoms with Gasteiger partial charge in [0.25, 0.3) is 0 Å². The van der Waals surface area contributed by atoms with Gasteiger partial charge in [0.15, 0.2) is 0 Å². The van der Waals surface area contributed by atoms with E-state index in [0.717, 1.165) is 20.6 Å². The molecule has 19 heavy (non-hydrogen) atoms. The van der Waals surface area contributed by atoms with Gasteiger partial charge in [0.2, 0.25) is 0 Å². The molecule has 0 amide bonds. The van der Waals surface area contributed by atoms with Crippen LogP contribution in [0.1, 0.15) is 17.2 Å². The monoisotopic (exact) mass is 402 g/mol. The van der Waals surface area contributed by atoms with Crippen LogP contribution in [-0.4, -0.2) is 5.33 Å². The number of halogens is 3. The molecule has 0 heterocycles. The molecule has 4 heteroatoms. The number of hydrogen-bond donors (Lipinski definition) is 0. The Balaban J connectivity index is 2.04. The van der Waals surface area contributed by atoms with E-state index in [1.54, 1.807) is 0 Å². The van der Waals surface area contributed by atoms with E-state index >= 15 is 0 Å². The van der Waals surface area contributed by atoms with Crippen molar-refractivity contribution in [2.45, 2.75) is 12.7 Å². The highest BCUT2D eigenvalue weighted by atomic mass is 79.9. The second-order valence-corrected chi connectivity index (χ2v) is 6.07. The van der Waals surface area contributed by atoms with Crippen molar-refractivity contribution in [2.24, 2.45) is 0 Å². The van der Waals surface area contributed by atoms with Gasteiger partial charge in [-0.1, -0.05) is 73.8 Å². The van der Waals surface area contributed by atoms with Crippen molar-refractivity contribution >= 4 is 43.5 Å². The van der Waals surface area contributed by atoms with Gasteiger partial charge >= 0.3 is 0 Å². The van der Waals surface area contributed by atoms with Crippen LogP contribution in [-0.2, 0) is 11.3 Å². The predicted molar refractivity (Wildman–Crippen MR) is 86.9 cm³/mol. The first-order valence-corrected chi connectivity index (χ1v) is 8.16. The molecule has 0 aliphatic heterocycles. The fourth-order valence-corrected chi connectivity index (χ4v) is 2.79. The molecule has 0 spiro atoms. The summed E-state index contributed by atoms with van der Waals surface area (Å²) in [4.78, 5) is 0. The number of benzene rings is 2. The first-order valence-electron chi connectivity index (χ1n) is 5.87. The highest BCUT2D eigenvalue weighted by molar-refractivity contribution is 9.10. The zero-order chi connectivity index (χ0) is 13.7. The van der Waals surface area contributed by atoms with E-state index in [9.17, 15) is 0 Å². The van der Waals surface area contributed by atoms with Crippen LogP contribution in [0.25, 0.3) is 0 Å². The molecule has 0 fully saturated rings. The maximum Gasteiger partial charge on any atom is 0.0940 e. The molecule has 0 aliphatic carbocycles. The number of ether oxygens (including phenoxy) is 1. The van der Waals surface area contributed by atoms with Crippen LogP contribution in [0.4, 0.5) is 0 Å². The molecule has 1 nitrogen and oxygen atoms in total. The summed E-state index contributed by atoms with van der Waals surface area (Å²) in [5.41, 5.74) is 2.15. The quantitative estimate of drug-likeness (QED) is 0.576. The average molecular weight is 405 g/mol. The molecule has 2 aromatic carbocycles. The summed E-state index contributed by atoms with van der Waals surface area (Å²) in [5.74, 6) is 0. The third-order valence-electron chi connectivity index (χ3n) is 2.76. The van der Waals surface area contributed by atoms with E-state index < -0.39 is 0 Å². The van der Waals surface area contributed by atoms with Crippen LogP contribution >= 0.6 is 43.5 Å². The Labute approximate surface area is 135 Å². The Bertz CT molecular complexity index is 528. The molecule has 0 saturated heterocycles. The number of hydrogen-bond acceptors (Lipinski definition) is 1. The first-order chi connectivity index (χ1) is 9.20. The van der Waals surface area contributed by atoms with Crippen LogP contribution in [0, 0.1) is 0 Å². The molecule has 2 rings (SSSR count). The minimum atomic E-state index is -0.0441. The maximum atomic E-state index is 6.19. The van der Waals surface area contributed by atoms with Crippen molar-refractivity contribution < 1.29 is 4.74 Å². The van der Waals surface area contributed by atoms with Gasteiger partial charge in [-0.3, -0.25) is 0 Å². The highest BCUT2D eigenvalue weighted by Crippen LogP contribution is 2.28. The van der Waals surface area contributed by atoms with Crippen LogP contribution in [0.3, 0.4) is 0 Å². The molecule has 2 aromatic rings. The summed E-state index contributed by atoms with van der Waals surface area (Å²) in [6, 6.07) is 15.9. The van der Waals surface area contributed by atoms with Gasteiger partial charge < -0.3 is 4.74 Å². The molecule has 1 unspecified atom stereocenters. The lowest BCUT2D eigenvalue weighted by atomic mass is 10.1. The van der Waals surface area contributed by atoms with Crippen molar-refractivity contribution in [3.8, 4) is 0 Å². The lowest BCUT2D eigenvalue weighted by Crippen LogP contribution is -2.06. The Kier molecular flexibility index (Phi) is 5.89. The number of rotatable bonds is 5. The van der Waals surface area contributed by atoms with E-state index in [4.69, 9.17) is 16.3 Å². The third-order valence-corrected chi connectivity index (χ3v) is 4.22. The largest absolute Gasteiger partial charge is 0.368 e. The molecule has 0 bridgehead atoms. The van der Waals surface area contributed by atoms with Crippen LogP contribution in [0.5, 0.6) is 0 Å². The Morgan fingerprint density at radius 1 is 1.05 bits per heavy atom. The Hall–Kier alpha value is -0.350. The summed E-state index contributed by atoms with van der Waals surface area (Å²) in [6.07, 6.45) is -0.0441. The molecule has 0 N–H and O–H groups in total. The van der Waals surface area contributed by atoms with E-state index in [1.165, 1.54) is 0 Å². The van der Waals surface area contributed by atoms with Crippen LogP contribution < -0.4 is 0 Å². The van der Waals surface area contributed by atoms with Crippen molar-refractivity contribution in [1.82, 2.24) is 0 Å². The molecule has 1 atom stereocenters. The van der Waals surface area contributed by atoms with Gasteiger partial charge in [-0.05, 0) is 23.8 Å². The summed E-state index contributed by atoms with van der Waals surface area (Å²) in [5, 5.41) is 1.45. The van der Waals surface area contributed by atoms with Crippen molar-refractivity contribution in [3.05, 3.63) is 69.2 Å². The van der Waals surface area contributed by atoms with Gasteiger partial charge in [-0.25, -0.2) is 0 Å². The van der Waals surface area contributed by atoms with E-state index in [1.807, 2.05) is 48.5 Å². The van der Waals surface area contributed by atoms with Crippen LogP contribution in [0.15, 0.2) is 53.0 Å². The first kappa shape index (κ1) is 15.0. The van der Waals surface area contributed by atoms with Crippen molar-refractivity contribution in [1.29, 1.82) is 0 Å². The standard InChI is InChI=1S/C15H13Br2ClO/c16-9-15(13-3-1-2-4-14(13)18)19-10-11-5-7-12(17)8-6-11/h1-8,15H,9-10H2. The lowest BCUT2D eigenvalue weighted by molar-refractivity contribution is 0.0566. The second-order valence-electron chi connectivity index (χ2n) is 4.10. The SMILES string of the molecule is Clc1ccccc1C(CBr)OCc1ccc(Br)cc1. The molecule has 100 valence electrons.